The Morgan fingerprint density at radius 1 is 1.24 bits per heavy atom. The molecule has 3 atom stereocenters. The fourth-order valence-electron chi connectivity index (χ4n) is 4.19. The van der Waals surface area contributed by atoms with Gasteiger partial charge in [-0.3, -0.25) is 0 Å². The van der Waals surface area contributed by atoms with E-state index in [9.17, 15) is 0 Å². The Morgan fingerprint density at radius 3 is 2.28 bits per heavy atom. The molecule has 0 amide bonds. The molecule has 0 spiro atoms. The SMILES string of the molecule is CCCC(/C=C(/C(C)=C1CCC1)C1(NC(C)CC)CC1C)=C(\C)CC. The summed E-state index contributed by atoms with van der Waals surface area (Å²) >= 11 is 0. The molecular weight excluding hydrogens is 302 g/mol. The third-order valence-corrected chi connectivity index (χ3v) is 6.71. The van der Waals surface area contributed by atoms with E-state index in [4.69, 9.17) is 0 Å². The zero-order valence-corrected chi connectivity index (χ0v) is 17.9. The molecule has 142 valence electrons. The van der Waals surface area contributed by atoms with E-state index in [1.165, 1.54) is 44.9 Å². The second-order valence-corrected chi connectivity index (χ2v) is 8.58. The zero-order chi connectivity index (χ0) is 18.6. The number of allylic oxidation sites excluding steroid dienone is 4. The molecule has 3 unspecified atom stereocenters. The second-order valence-electron chi connectivity index (χ2n) is 8.58. The molecule has 0 aromatic carbocycles. The van der Waals surface area contributed by atoms with E-state index in [0.717, 1.165) is 12.3 Å². The van der Waals surface area contributed by atoms with Crippen LogP contribution in [0.25, 0.3) is 0 Å². The highest BCUT2D eigenvalue weighted by molar-refractivity contribution is 5.51. The van der Waals surface area contributed by atoms with Crippen LogP contribution in [0.3, 0.4) is 0 Å². The van der Waals surface area contributed by atoms with Crippen molar-refractivity contribution in [2.75, 3.05) is 0 Å². The van der Waals surface area contributed by atoms with Gasteiger partial charge in [0.1, 0.15) is 0 Å². The van der Waals surface area contributed by atoms with Crippen LogP contribution in [-0.4, -0.2) is 11.6 Å². The maximum Gasteiger partial charge on any atom is 0.0469 e. The Kier molecular flexibility index (Phi) is 7.14. The maximum atomic E-state index is 4.03. The summed E-state index contributed by atoms with van der Waals surface area (Å²) in [7, 11) is 0. The van der Waals surface area contributed by atoms with Crippen LogP contribution in [0.15, 0.2) is 33.9 Å². The molecule has 0 saturated heterocycles. The average molecular weight is 344 g/mol. The summed E-state index contributed by atoms with van der Waals surface area (Å²) in [4.78, 5) is 0. The van der Waals surface area contributed by atoms with Crippen LogP contribution in [0.4, 0.5) is 0 Å². The van der Waals surface area contributed by atoms with Gasteiger partial charge in [-0.1, -0.05) is 51.3 Å². The Bertz CT molecular complexity index is 557. The van der Waals surface area contributed by atoms with E-state index >= 15 is 0 Å². The Hall–Kier alpha value is -0.820. The molecule has 2 rings (SSSR count). The minimum atomic E-state index is 0.217. The number of hydrogen-bond acceptors (Lipinski definition) is 1. The third kappa shape index (κ3) is 4.48. The molecular formula is C24H41N. The van der Waals surface area contributed by atoms with Gasteiger partial charge in [-0.15, -0.1) is 0 Å². The molecule has 2 aliphatic carbocycles. The second kappa shape index (κ2) is 8.71. The van der Waals surface area contributed by atoms with Gasteiger partial charge in [0.15, 0.2) is 0 Å². The van der Waals surface area contributed by atoms with Crippen molar-refractivity contribution in [2.24, 2.45) is 5.92 Å². The van der Waals surface area contributed by atoms with Crippen LogP contribution in [0.5, 0.6) is 0 Å². The summed E-state index contributed by atoms with van der Waals surface area (Å²) < 4.78 is 0. The molecule has 0 aromatic rings. The van der Waals surface area contributed by atoms with Gasteiger partial charge >= 0.3 is 0 Å². The molecule has 0 heterocycles. The molecule has 2 fully saturated rings. The lowest BCUT2D eigenvalue weighted by Crippen LogP contribution is -2.41. The summed E-state index contributed by atoms with van der Waals surface area (Å²) in [5.74, 6) is 0.744. The highest BCUT2D eigenvalue weighted by Gasteiger charge is 2.54. The lowest BCUT2D eigenvalue weighted by Gasteiger charge is -2.31. The van der Waals surface area contributed by atoms with Gasteiger partial charge in [-0.2, -0.15) is 0 Å². The lowest BCUT2D eigenvalue weighted by molar-refractivity contribution is 0.441. The first kappa shape index (κ1) is 20.5. The molecule has 1 N–H and O–H groups in total. The molecule has 0 bridgehead atoms. The fraction of sp³-hybridized carbons (Fsp3) is 0.750. The molecule has 1 nitrogen and oxygen atoms in total. The smallest absolute Gasteiger partial charge is 0.0469 e. The van der Waals surface area contributed by atoms with E-state index in [1.54, 1.807) is 27.9 Å². The van der Waals surface area contributed by atoms with Crippen molar-refractivity contribution in [3.8, 4) is 0 Å². The maximum absolute atomic E-state index is 4.03. The molecule has 25 heavy (non-hydrogen) atoms. The van der Waals surface area contributed by atoms with E-state index in [1.807, 2.05) is 0 Å². The van der Waals surface area contributed by atoms with Crippen molar-refractivity contribution in [1.82, 2.24) is 5.32 Å². The first-order valence-corrected chi connectivity index (χ1v) is 10.8. The fourth-order valence-corrected chi connectivity index (χ4v) is 4.19. The van der Waals surface area contributed by atoms with Crippen LogP contribution in [0.2, 0.25) is 0 Å². The summed E-state index contributed by atoms with van der Waals surface area (Å²) in [5.41, 5.74) is 8.30. The summed E-state index contributed by atoms with van der Waals surface area (Å²) in [6.07, 6.45) is 12.7. The molecule has 2 aliphatic rings. The summed E-state index contributed by atoms with van der Waals surface area (Å²) in [6, 6.07) is 0.582. The molecule has 0 radical (unpaired) electrons. The van der Waals surface area contributed by atoms with Crippen LogP contribution in [-0.2, 0) is 0 Å². The quantitative estimate of drug-likeness (QED) is 0.440. The van der Waals surface area contributed by atoms with E-state index < -0.39 is 0 Å². The van der Waals surface area contributed by atoms with Gasteiger partial charge < -0.3 is 5.32 Å². The van der Waals surface area contributed by atoms with E-state index in [2.05, 4.69) is 59.9 Å². The Balaban J connectivity index is 2.48. The number of rotatable bonds is 9. The first-order chi connectivity index (χ1) is 11.9. The van der Waals surface area contributed by atoms with Crippen molar-refractivity contribution in [3.05, 3.63) is 33.9 Å². The molecule has 0 aromatic heterocycles. The van der Waals surface area contributed by atoms with Crippen molar-refractivity contribution >= 4 is 0 Å². The standard InChI is InChI=1S/C24H41N/c1-8-12-22(17(4)9-2)15-23(20(7)21-13-11-14-21)24(16-18(24)5)25-19(6)10-3/h15,18-19,25H,8-14,16H2,1-7H3/b22-17-,23-15-. The largest absolute Gasteiger partial charge is 0.305 e. The first-order valence-electron chi connectivity index (χ1n) is 10.8. The number of nitrogens with one attached hydrogen (secondary N) is 1. The van der Waals surface area contributed by atoms with Crippen molar-refractivity contribution in [3.63, 3.8) is 0 Å². The van der Waals surface area contributed by atoms with Gasteiger partial charge in [-0.25, -0.2) is 0 Å². The van der Waals surface area contributed by atoms with Gasteiger partial charge in [0.2, 0.25) is 0 Å². The van der Waals surface area contributed by atoms with Crippen LogP contribution in [0, 0.1) is 5.92 Å². The minimum absolute atomic E-state index is 0.217. The number of hydrogen-bond donors (Lipinski definition) is 1. The van der Waals surface area contributed by atoms with Crippen LogP contribution in [0.1, 0.15) is 99.8 Å². The topological polar surface area (TPSA) is 12.0 Å². The molecule has 0 aliphatic heterocycles. The van der Waals surface area contributed by atoms with Crippen molar-refractivity contribution < 1.29 is 0 Å². The highest BCUT2D eigenvalue weighted by atomic mass is 15.1. The van der Waals surface area contributed by atoms with E-state index in [0.29, 0.717) is 6.04 Å². The van der Waals surface area contributed by atoms with Crippen molar-refractivity contribution in [1.29, 1.82) is 0 Å². The molecule has 2 saturated carbocycles. The zero-order valence-electron chi connectivity index (χ0n) is 17.9. The summed E-state index contributed by atoms with van der Waals surface area (Å²) in [5, 5.41) is 4.03. The normalized spacial score (nSPS) is 28.4. The van der Waals surface area contributed by atoms with Crippen molar-refractivity contribution in [2.45, 2.75) is 111 Å². The van der Waals surface area contributed by atoms with Gasteiger partial charge in [0.25, 0.3) is 0 Å². The highest BCUT2D eigenvalue weighted by Crippen LogP contribution is 2.53. The monoisotopic (exact) mass is 343 g/mol. The van der Waals surface area contributed by atoms with Gasteiger partial charge in [0, 0.05) is 11.6 Å². The summed E-state index contributed by atoms with van der Waals surface area (Å²) in [6.45, 7) is 16.4. The predicted octanol–water partition coefficient (Wildman–Crippen LogP) is 7.11. The lowest BCUT2D eigenvalue weighted by atomic mass is 9.81. The van der Waals surface area contributed by atoms with Crippen LogP contribution >= 0.6 is 0 Å². The van der Waals surface area contributed by atoms with E-state index in [-0.39, 0.29) is 5.54 Å². The van der Waals surface area contributed by atoms with Gasteiger partial charge in [0.05, 0.1) is 0 Å². The Morgan fingerprint density at radius 2 is 1.88 bits per heavy atom. The van der Waals surface area contributed by atoms with Gasteiger partial charge in [-0.05, 0) is 88.4 Å². The predicted molar refractivity (Wildman–Crippen MR) is 112 cm³/mol. The average Bonchev–Trinajstić information content (AvgIpc) is 3.18. The Labute approximate surface area is 157 Å². The third-order valence-electron chi connectivity index (χ3n) is 6.71. The van der Waals surface area contributed by atoms with Crippen LogP contribution < -0.4 is 5.32 Å². The molecule has 1 heteroatoms. The minimum Gasteiger partial charge on any atom is -0.305 e.